The molecular formula is C30H38N6OS. The number of nitrogens with one attached hydrogen (secondary N) is 4. The third kappa shape index (κ3) is 6.08. The Morgan fingerprint density at radius 3 is 2.61 bits per heavy atom. The molecule has 2 aromatic heterocycles. The summed E-state index contributed by atoms with van der Waals surface area (Å²) < 4.78 is 6.28. The van der Waals surface area contributed by atoms with Crippen LogP contribution >= 0.6 is 11.8 Å². The van der Waals surface area contributed by atoms with Gasteiger partial charge in [0.25, 0.3) is 0 Å². The SMILES string of the molecule is Cc1cc(Nc2nc(Nc3ccccc3SC(C)C)c3cc[nH]c3n2)c(OC(C)C)cc1C1CCCCN1. The van der Waals surface area contributed by atoms with E-state index in [1.807, 2.05) is 30.1 Å². The number of nitrogens with zero attached hydrogens (tertiary/aromatic N) is 2. The van der Waals surface area contributed by atoms with E-state index >= 15 is 0 Å². The maximum absolute atomic E-state index is 6.28. The number of aryl methyl sites for hydroxylation is 1. The van der Waals surface area contributed by atoms with Gasteiger partial charge in [-0.15, -0.1) is 11.8 Å². The first-order valence-corrected chi connectivity index (χ1v) is 14.4. The Labute approximate surface area is 229 Å². The molecule has 0 spiro atoms. The first-order valence-electron chi connectivity index (χ1n) is 13.6. The highest BCUT2D eigenvalue weighted by atomic mass is 32.2. The molecule has 8 heteroatoms. The number of H-pyrrole nitrogens is 1. The molecule has 0 aliphatic carbocycles. The highest BCUT2D eigenvalue weighted by molar-refractivity contribution is 8.00. The molecule has 3 heterocycles. The van der Waals surface area contributed by atoms with Gasteiger partial charge in [-0.3, -0.25) is 0 Å². The van der Waals surface area contributed by atoms with Crippen molar-refractivity contribution >= 4 is 45.9 Å². The van der Waals surface area contributed by atoms with Gasteiger partial charge in [0.15, 0.2) is 0 Å². The minimum absolute atomic E-state index is 0.0458. The van der Waals surface area contributed by atoms with Gasteiger partial charge in [-0.1, -0.05) is 32.4 Å². The van der Waals surface area contributed by atoms with E-state index in [1.165, 1.54) is 28.9 Å². The Morgan fingerprint density at radius 2 is 1.84 bits per heavy atom. The number of aromatic amines is 1. The van der Waals surface area contributed by atoms with Crippen LogP contribution in [0.15, 0.2) is 53.6 Å². The summed E-state index contributed by atoms with van der Waals surface area (Å²) in [7, 11) is 0. The Kier molecular flexibility index (Phi) is 8.09. The second-order valence-corrected chi connectivity index (χ2v) is 12.0. The average Bonchev–Trinajstić information content (AvgIpc) is 3.36. The van der Waals surface area contributed by atoms with E-state index in [2.05, 4.69) is 85.9 Å². The molecule has 0 saturated carbocycles. The van der Waals surface area contributed by atoms with Crippen LogP contribution in [0.25, 0.3) is 11.0 Å². The monoisotopic (exact) mass is 530 g/mol. The van der Waals surface area contributed by atoms with Crippen LogP contribution in [0.5, 0.6) is 5.75 Å². The topological polar surface area (TPSA) is 86.9 Å². The zero-order valence-electron chi connectivity index (χ0n) is 22.9. The molecule has 200 valence electrons. The average molecular weight is 531 g/mol. The number of ether oxygens (including phenoxy) is 1. The fraction of sp³-hybridized carbons (Fsp3) is 0.400. The summed E-state index contributed by atoms with van der Waals surface area (Å²) >= 11 is 1.83. The van der Waals surface area contributed by atoms with E-state index in [-0.39, 0.29) is 6.10 Å². The molecule has 1 aliphatic heterocycles. The molecule has 7 nitrogen and oxygen atoms in total. The van der Waals surface area contributed by atoms with Gasteiger partial charge in [0.1, 0.15) is 17.2 Å². The fourth-order valence-corrected chi connectivity index (χ4v) is 5.82. The van der Waals surface area contributed by atoms with Crippen molar-refractivity contribution < 1.29 is 4.74 Å². The number of para-hydroxylation sites is 1. The first-order chi connectivity index (χ1) is 18.4. The molecule has 0 bridgehead atoms. The van der Waals surface area contributed by atoms with Gasteiger partial charge in [-0.2, -0.15) is 9.97 Å². The Bertz CT molecular complexity index is 1390. The highest BCUT2D eigenvalue weighted by Crippen LogP contribution is 2.37. The minimum Gasteiger partial charge on any atom is -0.489 e. The maximum atomic E-state index is 6.28. The highest BCUT2D eigenvalue weighted by Gasteiger charge is 2.21. The summed E-state index contributed by atoms with van der Waals surface area (Å²) in [4.78, 5) is 14.1. The Morgan fingerprint density at radius 1 is 1.00 bits per heavy atom. The van der Waals surface area contributed by atoms with Gasteiger partial charge in [-0.25, -0.2) is 0 Å². The number of aromatic nitrogens is 3. The van der Waals surface area contributed by atoms with Crippen molar-refractivity contribution in [2.24, 2.45) is 0 Å². The second-order valence-electron chi connectivity index (χ2n) is 10.4. The number of benzene rings is 2. The third-order valence-corrected chi connectivity index (χ3v) is 7.66. The summed E-state index contributed by atoms with van der Waals surface area (Å²) in [6.45, 7) is 11.7. The van der Waals surface area contributed by atoms with Gasteiger partial charge in [0, 0.05) is 22.4 Å². The van der Waals surface area contributed by atoms with Crippen molar-refractivity contribution in [3.8, 4) is 5.75 Å². The molecule has 38 heavy (non-hydrogen) atoms. The van der Waals surface area contributed by atoms with Crippen molar-refractivity contribution in [2.75, 3.05) is 17.2 Å². The predicted octanol–water partition coefficient (Wildman–Crippen LogP) is 7.86. The Balaban J connectivity index is 1.50. The van der Waals surface area contributed by atoms with Crippen molar-refractivity contribution in [3.05, 3.63) is 59.8 Å². The maximum Gasteiger partial charge on any atom is 0.231 e. The van der Waals surface area contributed by atoms with Gasteiger partial charge < -0.3 is 25.7 Å². The second kappa shape index (κ2) is 11.7. The van der Waals surface area contributed by atoms with Crippen LogP contribution in [0.4, 0.5) is 23.1 Å². The molecule has 1 atom stereocenters. The lowest BCUT2D eigenvalue weighted by Crippen LogP contribution is -2.27. The van der Waals surface area contributed by atoms with Crippen LogP contribution in [0, 0.1) is 6.92 Å². The van der Waals surface area contributed by atoms with Crippen molar-refractivity contribution in [1.82, 2.24) is 20.3 Å². The number of hydrogen-bond acceptors (Lipinski definition) is 7. The number of anilines is 4. The molecular weight excluding hydrogens is 492 g/mol. The molecule has 5 rings (SSSR count). The standard InChI is InChI=1S/C30H38N6OS/c1-18(2)37-26-17-22(23-10-8-9-14-31-23)20(5)16-25(26)34-30-35-28-21(13-15-32-28)29(36-30)33-24-11-6-7-12-27(24)38-19(3)4/h6-7,11-13,15-19,23,31H,8-10,14H2,1-5H3,(H3,32,33,34,35,36). The van der Waals surface area contributed by atoms with Crippen molar-refractivity contribution in [1.29, 1.82) is 0 Å². The number of hydrogen-bond donors (Lipinski definition) is 4. The van der Waals surface area contributed by atoms with E-state index in [1.54, 1.807) is 0 Å². The van der Waals surface area contributed by atoms with Gasteiger partial charge in [0.05, 0.1) is 22.9 Å². The number of piperidine rings is 1. The summed E-state index contributed by atoms with van der Waals surface area (Å²) in [5.74, 6) is 2.07. The van der Waals surface area contributed by atoms with Crippen LogP contribution in [-0.2, 0) is 0 Å². The lowest BCUT2D eigenvalue weighted by molar-refractivity contribution is 0.243. The predicted molar refractivity (Wildman–Crippen MR) is 159 cm³/mol. The van der Waals surface area contributed by atoms with E-state index in [0.717, 1.165) is 46.9 Å². The third-order valence-electron chi connectivity index (χ3n) is 6.58. The van der Waals surface area contributed by atoms with Gasteiger partial charge >= 0.3 is 0 Å². The van der Waals surface area contributed by atoms with E-state index in [4.69, 9.17) is 14.7 Å². The molecule has 4 aromatic rings. The Hall–Kier alpha value is -3.23. The van der Waals surface area contributed by atoms with Crippen LogP contribution in [-0.4, -0.2) is 32.9 Å². The molecule has 4 N–H and O–H groups in total. The first kappa shape index (κ1) is 26.4. The quantitative estimate of drug-likeness (QED) is 0.164. The van der Waals surface area contributed by atoms with Crippen molar-refractivity contribution in [2.45, 2.75) is 76.2 Å². The summed E-state index contributed by atoms with van der Waals surface area (Å²) in [5.41, 5.74) is 5.19. The van der Waals surface area contributed by atoms with Crippen LogP contribution in [0.1, 0.15) is 64.1 Å². The van der Waals surface area contributed by atoms with E-state index in [0.29, 0.717) is 17.2 Å². The minimum atomic E-state index is 0.0458. The van der Waals surface area contributed by atoms with Gasteiger partial charge in [0.2, 0.25) is 5.95 Å². The number of thioether (sulfide) groups is 1. The normalized spacial score (nSPS) is 15.8. The smallest absolute Gasteiger partial charge is 0.231 e. The molecule has 1 unspecified atom stereocenters. The largest absolute Gasteiger partial charge is 0.489 e. The van der Waals surface area contributed by atoms with Crippen LogP contribution in [0.3, 0.4) is 0 Å². The zero-order valence-corrected chi connectivity index (χ0v) is 23.7. The molecule has 1 aliphatic rings. The molecule has 1 saturated heterocycles. The van der Waals surface area contributed by atoms with Gasteiger partial charge in [-0.05, 0) is 81.6 Å². The molecule has 0 radical (unpaired) electrons. The van der Waals surface area contributed by atoms with E-state index < -0.39 is 0 Å². The molecule has 1 fully saturated rings. The van der Waals surface area contributed by atoms with Crippen LogP contribution in [0.2, 0.25) is 0 Å². The fourth-order valence-electron chi connectivity index (χ4n) is 4.91. The zero-order chi connectivity index (χ0) is 26.6. The van der Waals surface area contributed by atoms with Crippen LogP contribution < -0.4 is 20.7 Å². The lowest BCUT2D eigenvalue weighted by atomic mass is 9.93. The number of fused-ring (bicyclic) bond motifs is 1. The summed E-state index contributed by atoms with van der Waals surface area (Å²) in [6, 6.07) is 15.1. The lowest BCUT2D eigenvalue weighted by Gasteiger charge is -2.27. The summed E-state index contributed by atoms with van der Waals surface area (Å²) in [6.07, 6.45) is 5.57. The molecule has 2 aromatic carbocycles. The van der Waals surface area contributed by atoms with E-state index in [9.17, 15) is 0 Å². The molecule has 0 amide bonds. The summed E-state index contributed by atoms with van der Waals surface area (Å²) in [5, 5.41) is 12.1. The van der Waals surface area contributed by atoms with Crippen molar-refractivity contribution in [3.63, 3.8) is 0 Å². The number of rotatable bonds is 9.